The van der Waals surface area contributed by atoms with Crippen LogP contribution in [0, 0.1) is 13.8 Å². The maximum absolute atomic E-state index is 4.43. The molecule has 84 valence electrons. The van der Waals surface area contributed by atoms with Gasteiger partial charge >= 0.3 is 0 Å². The lowest BCUT2D eigenvalue weighted by atomic mass is 10.1. The lowest BCUT2D eigenvalue weighted by Gasteiger charge is -2.03. The third-order valence-corrected chi connectivity index (χ3v) is 2.97. The Morgan fingerprint density at radius 3 is 2.71 bits per heavy atom. The van der Waals surface area contributed by atoms with Crippen molar-refractivity contribution in [3.05, 3.63) is 59.9 Å². The molecule has 0 N–H and O–H groups in total. The van der Waals surface area contributed by atoms with Gasteiger partial charge in [-0.25, -0.2) is 4.98 Å². The number of benzene rings is 1. The van der Waals surface area contributed by atoms with E-state index in [1.807, 2.05) is 6.20 Å². The third kappa shape index (κ3) is 1.72. The molecule has 2 heterocycles. The summed E-state index contributed by atoms with van der Waals surface area (Å²) in [7, 11) is 0. The van der Waals surface area contributed by atoms with Gasteiger partial charge in [0.15, 0.2) is 0 Å². The lowest BCUT2D eigenvalue weighted by molar-refractivity contribution is 1.16. The largest absolute Gasteiger partial charge is 0.299 e. The predicted molar refractivity (Wildman–Crippen MR) is 70.1 cm³/mol. The molecule has 0 atom stereocenters. The number of imidazole rings is 1. The first kappa shape index (κ1) is 10.1. The molecule has 1 aromatic carbocycles. The zero-order chi connectivity index (χ0) is 11.8. The van der Waals surface area contributed by atoms with Gasteiger partial charge in [0.05, 0.1) is 11.9 Å². The number of fused-ring (bicyclic) bond motifs is 1. The van der Waals surface area contributed by atoms with E-state index >= 15 is 0 Å². The fraction of sp³-hybridized carbons (Fsp3) is 0.133. The molecule has 2 nitrogen and oxygen atoms in total. The van der Waals surface area contributed by atoms with Crippen LogP contribution in [-0.4, -0.2) is 9.38 Å². The zero-order valence-electron chi connectivity index (χ0n) is 10.0. The van der Waals surface area contributed by atoms with Crippen molar-refractivity contribution in [3.8, 4) is 11.3 Å². The van der Waals surface area contributed by atoms with E-state index < -0.39 is 0 Å². The summed E-state index contributed by atoms with van der Waals surface area (Å²) in [5.41, 5.74) is 5.86. The number of pyridine rings is 1. The second-order valence-electron chi connectivity index (χ2n) is 4.45. The Labute approximate surface area is 101 Å². The molecule has 2 heteroatoms. The Kier molecular flexibility index (Phi) is 2.22. The van der Waals surface area contributed by atoms with Crippen molar-refractivity contribution in [2.45, 2.75) is 13.8 Å². The van der Waals surface area contributed by atoms with Gasteiger partial charge in [-0.1, -0.05) is 29.8 Å². The Hall–Kier alpha value is -2.09. The Balaban J connectivity index is 2.27. The molecule has 0 fully saturated rings. The molecule has 0 saturated heterocycles. The molecule has 3 aromatic rings. The molecule has 0 amide bonds. The van der Waals surface area contributed by atoms with Gasteiger partial charge in [0, 0.05) is 11.8 Å². The van der Waals surface area contributed by atoms with Crippen LogP contribution in [0.15, 0.2) is 48.8 Å². The average Bonchev–Trinajstić information content (AvgIpc) is 2.71. The highest BCUT2D eigenvalue weighted by Gasteiger charge is 2.05. The predicted octanol–water partition coefficient (Wildman–Crippen LogP) is 3.62. The van der Waals surface area contributed by atoms with Gasteiger partial charge in [-0.2, -0.15) is 0 Å². The molecule has 2 aromatic heterocycles. The first-order chi connectivity index (χ1) is 8.24. The molecule has 0 spiro atoms. The summed E-state index contributed by atoms with van der Waals surface area (Å²) in [4.78, 5) is 4.43. The van der Waals surface area contributed by atoms with E-state index in [4.69, 9.17) is 0 Å². The molecule has 3 rings (SSSR count). The van der Waals surface area contributed by atoms with E-state index in [-0.39, 0.29) is 0 Å². The summed E-state index contributed by atoms with van der Waals surface area (Å²) in [6.07, 6.45) is 4.06. The van der Waals surface area contributed by atoms with Crippen LogP contribution in [-0.2, 0) is 0 Å². The Morgan fingerprint density at radius 2 is 1.88 bits per heavy atom. The van der Waals surface area contributed by atoms with Crippen molar-refractivity contribution < 1.29 is 0 Å². The standard InChI is InChI=1S/C15H14N2/c1-11-4-3-5-13(8-11)14-9-16-15-7-6-12(2)10-17(14)15/h3-10H,1-2H3. The second kappa shape index (κ2) is 3.74. The maximum Gasteiger partial charge on any atom is 0.137 e. The van der Waals surface area contributed by atoms with Gasteiger partial charge in [-0.3, -0.25) is 4.40 Å². The quantitative estimate of drug-likeness (QED) is 0.614. The Morgan fingerprint density at radius 1 is 1.00 bits per heavy atom. The van der Waals surface area contributed by atoms with Gasteiger partial charge < -0.3 is 0 Å². The number of aromatic nitrogens is 2. The molecule has 0 aliphatic heterocycles. The molecule has 17 heavy (non-hydrogen) atoms. The molecular weight excluding hydrogens is 208 g/mol. The lowest BCUT2D eigenvalue weighted by Crippen LogP contribution is -1.89. The fourth-order valence-electron chi connectivity index (χ4n) is 2.10. The minimum absolute atomic E-state index is 0.993. The first-order valence-corrected chi connectivity index (χ1v) is 5.75. The van der Waals surface area contributed by atoms with Gasteiger partial charge in [-0.05, 0) is 31.5 Å². The molecular formula is C15H14N2. The van der Waals surface area contributed by atoms with Crippen LogP contribution in [0.5, 0.6) is 0 Å². The smallest absolute Gasteiger partial charge is 0.137 e. The maximum atomic E-state index is 4.43. The van der Waals surface area contributed by atoms with Crippen molar-refractivity contribution in [1.29, 1.82) is 0 Å². The number of nitrogens with zero attached hydrogens (tertiary/aromatic N) is 2. The summed E-state index contributed by atoms with van der Waals surface area (Å²) in [5, 5.41) is 0. The summed E-state index contributed by atoms with van der Waals surface area (Å²) in [6, 6.07) is 12.6. The number of hydrogen-bond donors (Lipinski definition) is 0. The van der Waals surface area contributed by atoms with Gasteiger partial charge in [0.2, 0.25) is 0 Å². The zero-order valence-corrected chi connectivity index (χ0v) is 10.0. The molecule has 0 aliphatic carbocycles. The van der Waals surface area contributed by atoms with Crippen LogP contribution in [0.2, 0.25) is 0 Å². The monoisotopic (exact) mass is 222 g/mol. The topological polar surface area (TPSA) is 17.3 Å². The van der Waals surface area contributed by atoms with Crippen molar-refractivity contribution in [1.82, 2.24) is 9.38 Å². The van der Waals surface area contributed by atoms with Crippen LogP contribution >= 0.6 is 0 Å². The van der Waals surface area contributed by atoms with Gasteiger partial charge in [0.25, 0.3) is 0 Å². The SMILES string of the molecule is Cc1cccc(-c2cnc3ccc(C)cn23)c1. The number of aryl methyl sites for hydroxylation is 2. The van der Waals surface area contributed by atoms with Crippen molar-refractivity contribution in [2.75, 3.05) is 0 Å². The third-order valence-electron chi connectivity index (χ3n) is 2.97. The van der Waals surface area contributed by atoms with E-state index in [2.05, 4.69) is 65.8 Å². The first-order valence-electron chi connectivity index (χ1n) is 5.75. The van der Waals surface area contributed by atoms with E-state index in [1.165, 1.54) is 16.7 Å². The highest BCUT2D eigenvalue weighted by Crippen LogP contribution is 2.22. The summed E-state index contributed by atoms with van der Waals surface area (Å²) >= 11 is 0. The summed E-state index contributed by atoms with van der Waals surface area (Å²) in [5.74, 6) is 0. The minimum Gasteiger partial charge on any atom is -0.299 e. The number of rotatable bonds is 1. The summed E-state index contributed by atoms with van der Waals surface area (Å²) in [6.45, 7) is 4.21. The Bertz CT molecular complexity index is 680. The normalized spacial score (nSPS) is 10.9. The fourth-order valence-corrected chi connectivity index (χ4v) is 2.10. The van der Waals surface area contributed by atoms with E-state index in [9.17, 15) is 0 Å². The molecule has 0 saturated carbocycles. The second-order valence-corrected chi connectivity index (χ2v) is 4.45. The van der Waals surface area contributed by atoms with Crippen molar-refractivity contribution >= 4 is 5.65 Å². The highest BCUT2D eigenvalue weighted by atomic mass is 15.0. The van der Waals surface area contributed by atoms with Gasteiger partial charge in [0.1, 0.15) is 5.65 Å². The average molecular weight is 222 g/mol. The minimum atomic E-state index is 0.993. The van der Waals surface area contributed by atoms with Crippen LogP contribution in [0.3, 0.4) is 0 Å². The molecule has 0 unspecified atom stereocenters. The van der Waals surface area contributed by atoms with Gasteiger partial charge in [-0.15, -0.1) is 0 Å². The van der Waals surface area contributed by atoms with E-state index in [1.54, 1.807) is 0 Å². The molecule has 0 aliphatic rings. The highest BCUT2D eigenvalue weighted by molar-refractivity contribution is 5.64. The molecule has 0 bridgehead atoms. The molecule has 0 radical (unpaired) electrons. The van der Waals surface area contributed by atoms with E-state index in [0.29, 0.717) is 0 Å². The van der Waals surface area contributed by atoms with Crippen LogP contribution < -0.4 is 0 Å². The number of hydrogen-bond acceptors (Lipinski definition) is 1. The van der Waals surface area contributed by atoms with Crippen molar-refractivity contribution in [2.24, 2.45) is 0 Å². The van der Waals surface area contributed by atoms with Crippen LogP contribution in [0.25, 0.3) is 16.9 Å². The van der Waals surface area contributed by atoms with Crippen LogP contribution in [0.1, 0.15) is 11.1 Å². The van der Waals surface area contributed by atoms with Crippen LogP contribution in [0.4, 0.5) is 0 Å². The summed E-state index contributed by atoms with van der Waals surface area (Å²) < 4.78 is 2.14. The van der Waals surface area contributed by atoms with Crippen molar-refractivity contribution in [3.63, 3.8) is 0 Å². The van der Waals surface area contributed by atoms with E-state index in [0.717, 1.165) is 11.3 Å².